The number of carbonyl (C=O) groups excluding carboxylic acids is 1. The van der Waals surface area contributed by atoms with Gasteiger partial charge in [0.2, 0.25) is 5.91 Å². The van der Waals surface area contributed by atoms with Gasteiger partial charge in [-0.3, -0.25) is 9.00 Å². The minimum absolute atomic E-state index is 0.0688. The van der Waals surface area contributed by atoms with Crippen LogP contribution in [0.4, 0.5) is 5.69 Å². The molecule has 0 radical (unpaired) electrons. The van der Waals surface area contributed by atoms with Crippen molar-refractivity contribution >= 4 is 34.2 Å². The number of methoxy groups -OCH3 is 1. The summed E-state index contributed by atoms with van der Waals surface area (Å²) in [6.07, 6.45) is 0.521. The molecule has 0 aliphatic carbocycles. The minimum atomic E-state index is -2.37. The van der Waals surface area contributed by atoms with Crippen LogP contribution in [0.15, 0.2) is 53.9 Å². The van der Waals surface area contributed by atoms with Crippen molar-refractivity contribution in [3.8, 4) is 17.0 Å². The van der Waals surface area contributed by atoms with Gasteiger partial charge in [0.1, 0.15) is 10.8 Å². The number of anilines is 1. The van der Waals surface area contributed by atoms with Crippen molar-refractivity contribution in [3.05, 3.63) is 64.5 Å². The summed E-state index contributed by atoms with van der Waals surface area (Å²) in [5, 5.41) is 5.89. The molecule has 0 fully saturated rings. The van der Waals surface area contributed by atoms with E-state index in [4.69, 9.17) is 9.72 Å². The molecule has 2 N–H and O–H groups in total. The lowest BCUT2D eigenvalue weighted by Gasteiger charge is -2.23. The Hall–Kier alpha value is -2.75. The number of nitrogens with zero attached hydrogens (tertiary/aromatic N) is 1. The number of ether oxygens (including phenoxy) is 1. The molecule has 32 heavy (non-hydrogen) atoms. The summed E-state index contributed by atoms with van der Waals surface area (Å²) in [6, 6.07) is 14.4. The number of hydrogen-bond donors (Lipinski definition) is 2. The first-order valence-electron chi connectivity index (χ1n) is 10.0. The molecule has 0 saturated carbocycles. The Morgan fingerprint density at radius 1 is 1.22 bits per heavy atom. The van der Waals surface area contributed by atoms with Gasteiger partial charge in [-0.25, -0.2) is 4.98 Å². The monoisotopic (exact) mass is 472 g/mol. The highest BCUT2D eigenvalue weighted by Gasteiger charge is 2.26. The lowest BCUT2D eigenvalue weighted by molar-refractivity contribution is -0.129. The summed E-state index contributed by atoms with van der Waals surface area (Å²) >= 11 is -0.885. The molecule has 0 spiro atoms. The zero-order valence-corrected chi connectivity index (χ0v) is 20.0. The molecule has 3 rings (SSSR count). The van der Waals surface area contributed by atoms with E-state index < -0.39 is 16.7 Å². The number of amides is 1. The summed E-state index contributed by atoms with van der Waals surface area (Å²) in [5.74, 6) is 0.683. The number of nitrogens with one attached hydrogen (secondary N) is 2. The predicted octanol–water partition coefficient (Wildman–Crippen LogP) is 4.47. The normalized spacial score (nSPS) is 13.3. The smallest absolute Gasteiger partial charge is 0.225 e. The van der Waals surface area contributed by atoms with Gasteiger partial charge in [0.15, 0.2) is 0 Å². The van der Waals surface area contributed by atoms with Gasteiger partial charge >= 0.3 is 0 Å². The third-order valence-corrected chi connectivity index (χ3v) is 6.13. The van der Waals surface area contributed by atoms with Crippen LogP contribution in [-0.2, 0) is 22.5 Å². The molecular weight excluding hydrogens is 446 g/mol. The molecule has 9 heteroatoms. The van der Waals surface area contributed by atoms with Gasteiger partial charge in [0, 0.05) is 33.3 Å². The lowest BCUT2D eigenvalue weighted by atomic mass is 9.94. The Balaban J connectivity index is 1.87. The van der Waals surface area contributed by atoms with Gasteiger partial charge < -0.3 is 19.3 Å². The Labute approximate surface area is 194 Å². The molecular formula is C23H26N3O4S2-. The maximum absolute atomic E-state index is 12.7. The Bertz CT molecular complexity index is 1090. The molecule has 1 heterocycles. The van der Waals surface area contributed by atoms with Crippen molar-refractivity contribution in [2.75, 3.05) is 11.8 Å². The standard InChI is InChI=1S/C23H27N3O4S2/c1-23(2,3)22(27)25-19(12-15-8-10-17(11-9-15)26-32(28)29)21-24-20(14-31-21)16-6-5-7-18(13-16)30-4/h5-11,13-14,19,26H,12H2,1-4H3,(H,25,27)(H,28,29)/p-1/t19-/m0/s1. The first-order valence-corrected chi connectivity index (χ1v) is 12.0. The van der Waals surface area contributed by atoms with Crippen LogP contribution in [0, 0.1) is 5.41 Å². The van der Waals surface area contributed by atoms with Crippen molar-refractivity contribution in [1.82, 2.24) is 10.3 Å². The topological polar surface area (TPSA) is 103 Å². The van der Waals surface area contributed by atoms with Gasteiger partial charge in [-0.2, -0.15) is 0 Å². The van der Waals surface area contributed by atoms with E-state index in [0.717, 1.165) is 27.6 Å². The fourth-order valence-corrected chi connectivity index (χ4v) is 4.19. The molecule has 0 aliphatic heterocycles. The lowest BCUT2D eigenvalue weighted by Crippen LogP contribution is -2.38. The number of rotatable bonds is 8. The van der Waals surface area contributed by atoms with Crippen LogP contribution in [0.5, 0.6) is 5.75 Å². The molecule has 1 amide bonds. The third kappa shape index (κ3) is 6.38. The Morgan fingerprint density at radius 2 is 1.94 bits per heavy atom. The number of benzene rings is 2. The molecule has 2 atom stereocenters. The second kappa shape index (κ2) is 10.2. The number of thiazole rings is 1. The van der Waals surface area contributed by atoms with E-state index in [2.05, 4.69) is 10.0 Å². The largest absolute Gasteiger partial charge is 0.755 e. The fourth-order valence-electron chi connectivity index (χ4n) is 2.98. The molecule has 0 bridgehead atoms. The number of carbonyl (C=O) groups is 1. The van der Waals surface area contributed by atoms with Crippen molar-refractivity contribution < 1.29 is 18.3 Å². The highest BCUT2D eigenvalue weighted by Crippen LogP contribution is 2.30. The average molecular weight is 473 g/mol. The van der Waals surface area contributed by atoms with E-state index in [9.17, 15) is 13.6 Å². The Kier molecular flexibility index (Phi) is 7.65. The summed E-state index contributed by atoms with van der Waals surface area (Å²) in [5.41, 5.74) is 2.64. The van der Waals surface area contributed by atoms with Gasteiger partial charge in [-0.15, -0.1) is 11.3 Å². The Morgan fingerprint density at radius 3 is 2.56 bits per heavy atom. The molecule has 0 saturated heterocycles. The molecule has 1 aromatic heterocycles. The van der Waals surface area contributed by atoms with Crippen molar-refractivity contribution in [1.29, 1.82) is 0 Å². The molecule has 0 aliphatic rings. The maximum Gasteiger partial charge on any atom is 0.225 e. The SMILES string of the molecule is COc1cccc(-c2csc([C@H](Cc3ccc(NS(=O)[O-])cc3)NC(=O)C(C)(C)C)n2)c1. The van der Waals surface area contributed by atoms with Crippen molar-refractivity contribution in [2.45, 2.75) is 33.2 Å². The average Bonchev–Trinajstić information content (AvgIpc) is 3.24. The molecule has 1 unspecified atom stereocenters. The second-order valence-corrected chi connectivity index (χ2v) is 9.88. The quantitative estimate of drug-likeness (QED) is 0.471. The number of aromatic nitrogens is 1. The molecule has 170 valence electrons. The van der Waals surface area contributed by atoms with E-state index >= 15 is 0 Å². The first-order chi connectivity index (χ1) is 15.2. The summed E-state index contributed by atoms with van der Waals surface area (Å²) in [6.45, 7) is 5.60. The minimum Gasteiger partial charge on any atom is -0.755 e. The van der Waals surface area contributed by atoms with E-state index in [1.165, 1.54) is 11.3 Å². The van der Waals surface area contributed by atoms with Crippen molar-refractivity contribution in [2.24, 2.45) is 5.41 Å². The van der Waals surface area contributed by atoms with Crippen LogP contribution in [0.1, 0.15) is 37.4 Å². The van der Waals surface area contributed by atoms with E-state index in [1.54, 1.807) is 19.2 Å². The van der Waals surface area contributed by atoms with Crippen LogP contribution in [0.25, 0.3) is 11.3 Å². The van der Waals surface area contributed by atoms with E-state index in [-0.39, 0.29) is 11.9 Å². The van der Waals surface area contributed by atoms with Crippen LogP contribution in [0.2, 0.25) is 0 Å². The summed E-state index contributed by atoms with van der Waals surface area (Å²) in [4.78, 5) is 17.5. The predicted molar refractivity (Wildman–Crippen MR) is 127 cm³/mol. The highest BCUT2D eigenvalue weighted by atomic mass is 32.2. The van der Waals surface area contributed by atoms with Gasteiger partial charge in [-0.1, -0.05) is 45.0 Å². The van der Waals surface area contributed by atoms with Crippen LogP contribution in [0.3, 0.4) is 0 Å². The van der Waals surface area contributed by atoms with Gasteiger partial charge in [-0.05, 0) is 36.2 Å². The third-order valence-electron chi connectivity index (χ3n) is 4.77. The maximum atomic E-state index is 12.7. The molecule has 2 aromatic carbocycles. The summed E-state index contributed by atoms with van der Waals surface area (Å²) in [7, 11) is 1.62. The van der Waals surface area contributed by atoms with E-state index in [1.807, 2.05) is 62.5 Å². The van der Waals surface area contributed by atoms with Gasteiger partial charge in [0.05, 0.1) is 18.8 Å². The van der Waals surface area contributed by atoms with Crippen molar-refractivity contribution in [3.63, 3.8) is 0 Å². The van der Waals surface area contributed by atoms with Crippen LogP contribution < -0.4 is 14.8 Å². The zero-order chi connectivity index (χ0) is 23.3. The van der Waals surface area contributed by atoms with Crippen LogP contribution >= 0.6 is 11.3 Å². The fraction of sp³-hybridized carbons (Fsp3) is 0.304. The second-order valence-electron chi connectivity index (χ2n) is 8.32. The number of hydrogen-bond acceptors (Lipinski definition) is 6. The van der Waals surface area contributed by atoms with Crippen LogP contribution in [-0.4, -0.2) is 26.8 Å². The summed E-state index contributed by atoms with van der Waals surface area (Å²) < 4.78 is 29.3. The zero-order valence-electron chi connectivity index (χ0n) is 18.4. The highest BCUT2D eigenvalue weighted by molar-refractivity contribution is 7.80. The first kappa shape index (κ1) is 23.9. The molecule has 3 aromatic rings. The van der Waals surface area contributed by atoms with Gasteiger partial charge in [0.25, 0.3) is 0 Å². The molecule has 7 nitrogen and oxygen atoms in total. The van der Waals surface area contributed by atoms with E-state index in [0.29, 0.717) is 12.1 Å².